The Morgan fingerprint density at radius 3 is 2.46 bits per heavy atom. The molecule has 24 heavy (non-hydrogen) atoms. The Morgan fingerprint density at radius 2 is 1.71 bits per heavy atom. The van der Waals surface area contributed by atoms with Crippen LogP contribution in [0.25, 0.3) is 0 Å². The van der Waals surface area contributed by atoms with Crippen LogP contribution in [0.1, 0.15) is 16.7 Å². The first-order chi connectivity index (χ1) is 11.3. The van der Waals surface area contributed by atoms with Crippen molar-refractivity contribution in [2.24, 2.45) is 0 Å². The highest BCUT2D eigenvalue weighted by molar-refractivity contribution is 7.89. The zero-order valence-corrected chi connectivity index (χ0v) is 14.5. The smallest absolute Gasteiger partial charge is 0.262 e. The Labute approximate surface area is 141 Å². The van der Waals surface area contributed by atoms with Crippen molar-refractivity contribution in [3.63, 3.8) is 0 Å². The molecule has 1 aliphatic heterocycles. The van der Waals surface area contributed by atoms with Crippen LogP contribution in [0.2, 0.25) is 0 Å². The van der Waals surface area contributed by atoms with Crippen LogP contribution >= 0.6 is 0 Å². The summed E-state index contributed by atoms with van der Waals surface area (Å²) in [5.41, 5.74) is 3.91. The van der Waals surface area contributed by atoms with Gasteiger partial charge in [0.05, 0.1) is 5.69 Å². The maximum Gasteiger partial charge on any atom is 0.262 e. The lowest BCUT2D eigenvalue weighted by molar-refractivity contribution is -0.117. The fourth-order valence-corrected chi connectivity index (χ4v) is 3.85. The number of hydrogen-bond acceptors (Lipinski definition) is 4. The van der Waals surface area contributed by atoms with Gasteiger partial charge in [0.1, 0.15) is 4.90 Å². The van der Waals surface area contributed by atoms with Gasteiger partial charge in [-0.1, -0.05) is 18.2 Å². The lowest BCUT2D eigenvalue weighted by Crippen LogP contribution is -2.51. The molecule has 0 spiro atoms. The maximum atomic E-state index is 12.5. The summed E-state index contributed by atoms with van der Waals surface area (Å²) in [4.78, 5) is 12.7. The molecule has 7 heteroatoms. The monoisotopic (exact) mass is 345 g/mol. The lowest BCUT2D eigenvalue weighted by atomic mass is 10.1. The quantitative estimate of drug-likeness (QED) is 0.779. The third kappa shape index (κ3) is 3.13. The van der Waals surface area contributed by atoms with Gasteiger partial charge in [-0.15, -0.1) is 0 Å². The van der Waals surface area contributed by atoms with E-state index in [2.05, 4.69) is 15.4 Å². The number of anilines is 2. The topological polar surface area (TPSA) is 87.3 Å². The molecule has 0 saturated heterocycles. The molecule has 0 aliphatic carbocycles. The van der Waals surface area contributed by atoms with Crippen LogP contribution in [0.4, 0.5) is 11.4 Å². The van der Waals surface area contributed by atoms with E-state index in [4.69, 9.17) is 0 Å². The number of rotatable bonds is 2. The summed E-state index contributed by atoms with van der Waals surface area (Å²) < 4.78 is 27.1. The average Bonchev–Trinajstić information content (AvgIpc) is 2.49. The molecule has 0 radical (unpaired) electrons. The molecular weight excluding hydrogens is 326 g/mol. The summed E-state index contributed by atoms with van der Waals surface area (Å²) in [5, 5.41) is 5.72. The van der Waals surface area contributed by atoms with Crippen LogP contribution < -0.4 is 15.4 Å². The Bertz CT molecular complexity index is 923. The molecule has 1 amide bonds. The van der Waals surface area contributed by atoms with Gasteiger partial charge in [-0.2, -0.15) is 4.72 Å². The lowest BCUT2D eigenvalue weighted by Gasteiger charge is -2.27. The molecule has 6 nitrogen and oxygen atoms in total. The molecular formula is C17H19N3O3S. The standard InChI is InChI=1S/C17H19N3O3S/c1-10-4-6-12(3)13(8-10)19-17(21)16-18-14-9-11(2)5-7-15(14)24(22,23)20-16/h4-9,16,18,20H,1-3H3,(H,19,21). The van der Waals surface area contributed by atoms with E-state index in [-0.39, 0.29) is 4.90 Å². The van der Waals surface area contributed by atoms with Gasteiger partial charge < -0.3 is 10.6 Å². The van der Waals surface area contributed by atoms with Gasteiger partial charge in [-0.3, -0.25) is 4.79 Å². The van der Waals surface area contributed by atoms with E-state index in [9.17, 15) is 13.2 Å². The zero-order chi connectivity index (χ0) is 17.5. The summed E-state index contributed by atoms with van der Waals surface area (Å²) >= 11 is 0. The van der Waals surface area contributed by atoms with Gasteiger partial charge in [0.2, 0.25) is 10.0 Å². The van der Waals surface area contributed by atoms with Gasteiger partial charge in [-0.05, 0) is 55.7 Å². The predicted octanol–water partition coefficient (Wildman–Crippen LogP) is 2.28. The van der Waals surface area contributed by atoms with Gasteiger partial charge >= 0.3 is 0 Å². The van der Waals surface area contributed by atoms with E-state index in [1.807, 2.05) is 39.0 Å². The summed E-state index contributed by atoms with van der Waals surface area (Å²) in [6, 6.07) is 10.7. The Balaban J connectivity index is 1.88. The van der Waals surface area contributed by atoms with Crippen LogP contribution in [0.5, 0.6) is 0 Å². The SMILES string of the molecule is Cc1ccc(C)c(NC(=O)C2Nc3cc(C)ccc3S(=O)(=O)N2)c1. The highest BCUT2D eigenvalue weighted by Gasteiger charge is 2.33. The number of aryl methyl sites for hydroxylation is 3. The number of nitrogens with one attached hydrogen (secondary N) is 3. The van der Waals surface area contributed by atoms with Gasteiger partial charge in [0.25, 0.3) is 5.91 Å². The summed E-state index contributed by atoms with van der Waals surface area (Å²) in [6.45, 7) is 5.67. The van der Waals surface area contributed by atoms with Crippen LogP contribution in [0.3, 0.4) is 0 Å². The van der Waals surface area contributed by atoms with Crippen molar-refractivity contribution in [1.82, 2.24) is 4.72 Å². The van der Waals surface area contributed by atoms with E-state index in [0.29, 0.717) is 11.4 Å². The molecule has 1 aliphatic rings. The first-order valence-corrected chi connectivity index (χ1v) is 9.02. The van der Waals surface area contributed by atoms with E-state index in [1.165, 1.54) is 6.07 Å². The zero-order valence-electron chi connectivity index (χ0n) is 13.7. The van der Waals surface area contributed by atoms with Crippen LogP contribution in [-0.2, 0) is 14.8 Å². The van der Waals surface area contributed by atoms with E-state index >= 15 is 0 Å². The molecule has 3 N–H and O–H groups in total. The summed E-state index contributed by atoms with van der Waals surface area (Å²) in [5.74, 6) is -0.459. The summed E-state index contributed by atoms with van der Waals surface area (Å²) in [7, 11) is -3.74. The molecule has 0 aromatic heterocycles. The summed E-state index contributed by atoms with van der Waals surface area (Å²) in [6.07, 6.45) is -1.07. The van der Waals surface area contributed by atoms with Crippen molar-refractivity contribution in [2.75, 3.05) is 10.6 Å². The van der Waals surface area contributed by atoms with Crippen LogP contribution in [-0.4, -0.2) is 20.5 Å². The minimum absolute atomic E-state index is 0.142. The number of sulfonamides is 1. The van der Waals surface area contributed by atoms with Gasteiger partial charge in [0, 0.05) is 5.69 Å². The minimum Gasteiger partial charge on any atom is -0.360 e. The van der Waals surface area contributed by atoms with Crippen molar-refractivity contribution in [2.45, 2.75) is 31.8 Å². The van der Waals surface area contributed by atoms with Gasteiger partial charge in [-0.25, -0.2) is 8.42 Å². The molecule has 2 aromatic carbocycles. The third-order valence-corrected chi connectivity index (χ3v) is 5.39. The van der Waals surface area contributed by atoms with E-state index < -0.39 is 22.1 Å². The fraction of sp³-hybridized carbons (Fsp3) is 0.235. The Kier molecular flexibility index (Phi) is 4.06. The van der Waals surface area contributed by atoms with Crippen LogP contribution in [0.15, 0.2) is 41.3 Å². The largest absolute Gasteiger partial charge is 0.360 e. The highest BCUT2D eigenvalue weighted by Crippen LogP contribution is 2.27. The molecule has 0 fully saturated rings. The van der Waals surface area contributed by atoms with Crippen LogP contribution in [0, 0.1) is 20.8 Å². The van der Waals surface area contributed by atoms with E-state index in [1.54, 1.807) is 12.1 Å². The second-order valence-corrected chi connectivity index (χ2v) is 7.69. The maximum absolute atomic E-state index is 12.5. The second kappa shape index (κ2) is 5.92. The first-order valence-electron chi connectivity index (χ1n) is 7.54. The van der Waals surface area contributed by atoms with Crippen molar-refractivity contribution in [1.29, 1.82) is 0 Å². The molecule has 2 aromatic rings. The number of benzene rings is 2. The Hall–Kier alpha value is -2.38. The van der Waals surface area contributed by atoms with Crippen molar-refractivity contribution in [3.05, 3.63) is 53.1 Å². The number of carbonyl (C=O) groups is 1. The van der Waals surface area contributed by atoms with Crippen molar-refractivity contribution in [3.8, 4) is 0 Å². The molecule has 1 atom stereocenters. The third-order valence-electron chi connectivity index (χ3n) is 3.91. The molecule has 1 heterocycles. The second-order valence-electron chi connectivity index (χ2n) is 6.01. The minimum atomic E-state index is -3.74. The molecule has 1 unspecified atom stereocenters. The molecule has 0 saturated carbocycles. The Morgan fingerprint density at radius 1 is 1.04 bits per heavy atom. The molecule has 126 valence electrons. The fourth-order valence-electron chi connectivity index (χ4n) is 2.59. The highest BCUT2D eigenvalue weighted by atomic mass is 32.2. The average molecular weight is 345 g/mol. The van der Waals surface area contributed by atoms with E-state index in [0.717, 1.165) is 16.7 Å². The number of hydrogen-bond donors (Lipinski definition) is 3. The number of amides is 1. The predicted molar refractivity (Wildman–Crippen MR) is 93.5 cm³/mol. The van der Waals surface area contributed by atoms with Gasteiger partial charge in [0.15, 0.2) is 6.17 Å². The first kappa shape index (κ1) is 16.5. The molecule has 3 rings (SSSR count). The normalized spacial score (nSPS) is 18.4. The number of fused-ring (bicyclic) bond motifs is 1. The van der Waals surface area contributed by atoms with Crippen molar-refractivity contribution < 1.29 is 13.2 Å². The molecule has 0 bridgehead atoms. The van der Waals surface area contributed by atoms with Crippen molar-refractivity contribution >= 4 is 27.3 Å². The number of carbonyl (C=O) groups excluding carboxylic acids is 1.